The van der Waals surface area contributed by atoms with Crippen LogP contribution in [0.4, 0.5) is 18.9 Å². The largest absolute Gasteiger partial charge is 0.495 e. The molecule has 30 heavy (non-hydrogen) atoms. The van der Waals surface area contributed by atoms with E-state index in [0.717, 1.165) is 10.4 Å². The number of hydrogen-bond acceptors (Lipinski definition) is 4. The average molecular weight is 465 g/mol. The summed E-state index contributed by atoms with van der Waals surface area (Å²) >= 11 is 5.62. The van der Waals surface area contributed by atoms with Crippen LogP contribution < -0.4 is 10.1 Å². The van der Waals surface area contributed by atoms with Gasteiger partial charge in [0.25, 0.3) is 0 Å². The molecule has 0 saturated carbocycles. The van der Waals surface area contributed by atoms with Crippen LogP contribution in [0.15, 0.2) is 41.3 Å². The molecule has 1 N–H and O–H groups in total. The fourth-order valence-corrected chi connectivity index (χ4v) is 4.52. The maximum Gasteiger partial charge on any atom is 0.418 e. The van der Waals surface area contributed by atoms with E-state index in [2.05, 4.69) is 5.32 Å². The van der Waals surface area contributed by atoms with Gasteiger partial charge < -0.3 is 10.1 Å². The number of carbonyl (C=O) groups excluding carboxylic acids is 1. The van der Waals surface area contributed by atoms with Gasteiger partial charge in [-0.25, -0.2) is 8.42 Å². The number of sulfonamides is 1. The van der Waals surface area contributed by atoms with Crippen LogP contribution in [0.1, 0.15) is 18.1 Å². The number of rotatable bonds is 7. The zero-order chi connectivity index (χ0) is 22.7. The zero-order valence-electron chi connectivity index (χ0n) is 16.4. The number of methoxy groups -OCH3 is 1. The standard InChI is InChI=1S/C19H20ClF3N2O4S/c1-4-25(30(27,28)17-9-12(2)5-8-16(17)29-3)11-18(26)24-15-7-6-13(20)10-14(15)19(21,22)23/h5-10H,4,11H2,1-3H3,(H,24,26). The lowest BCUT2D eigenvalue weighted by atomic mass is 10.1. The first-order valence-electron chi connectivity index (χ1n) is 8.71. The van der Waals surface area contributed by atoms with Crippen LogP contribution in [0.25, 0.3) is 0 Å². The van der Waals surface area contributed by atoms with E-state index in [-0.39, 0.29) is 22.2 Å². The van der Waals surface area contributed by atoms with Crippen molar-refractivity contribution < 1.29 is 31.1 Å². The van der Waals surface area contributed by atoms with E-state index in [1.165, 1.54) is 32.2 Å². The van der Waals surface area contributed by atoms with Crippen LogP contribution >= 0.6 is 11.6 Å². The molecule has 0 radical (unpaired) electrons. The first-order valence-corrected chi connectivity index (χ1v) is 10.5. The third kappa shape index (κ3) is 5.44. The molecule has 0 atom stereocenters. The summed E-state index contributed by atoms with van der Waals surface area (Å²) < 4.78 is 71.6. The first kappa shape index (κ1) is 24.0. The van der Waals surface area contributed by atoms with Crippen LogP contribution in [-0.4, -0.2) is 38.8 Å². The molecule has 0 aliphatic heterocycles. The second kappa shape index (κ2) is 9.23. The number of aryl methyl sites for hydroxylation is 1. The fourth-order valence-electron chi connectivity index (χ4n) is 2.70. The minimum atomic E-state index is -4.75. The summed E-state index contributed by atoms with van der Waals surface area (Å²) in [4.78, 5) is 12.3. The van der Waals surface area contributed by atoms with Crippen molar-refractivity contribution in [3.8, 4) is 5.75 Å². The molecule has 0 heterocycles. The number of hydrogen-bond donors (Lipinski definition) is 1. The van der Waals surface area contributed by atoms with E-state index in [0.29, 0.717) is 11.6 Å². The van der Waals surface area contributed by atoms with Crippen LogP contribution in [0, 0.1) is 6.92 Å². The molecule has 0 saturated heterocycles. The number of amides is 1. The van der Waals surface area contributed by atoms with E-state index in [1.54, 1.807) is 13.0 Å². The lowest BCUT2D eigenvalue weighted by Gasteiger charge is -2.22. The lowest BCUT2D eigenvalue weighted by Crippen LogP contribution is -2.38. The Morgan fingerprint density at radius 3 is 2.43 bits per heavy atom. The number of ether oxygens (including phenoxy) is 1. The quantitative estimate of drug-likeness (QED) is 0.662. The summed E-state index contributed by atoms with van der Waals surface area (Å²) in [7, 11) is -2.83. The predicted octanol–water partition coefficient (Wildman–Crippen LogP) is 4.33. The monoisotopic (exact) mass is 464 g/mol. The van der Waals surface area contributed by atoms with Crippen molar-refractivity contribution in [1.29, 1.82) is 0 Å². The summed E-state index contributed by atoms with van der Waals surface area (Å²) in [5, 5.41) is 1.97. The number of anilines is 1. The zero-order valence-corrected chi connectivity index (χ0v) is 18.0. The topological polar surface area (TPSA) is 75.7 Å². The van der Waals surface area contributed by atoms with Crippen LogP contribution in [-0.2, 0) is 21.0 Å². The van der Waals surface area contributed by atoms with Crippen molar-refractivity contribution in [3.05, 3.63) is 52.5 Å². The lowest BCUT2D eigenvalue weighted by molar-refractivity contribution is -0.137. The molecule has 0 bridgehead atoms. The van der Waals surface area contributed by atoms with Gasteiger partial charge in [-0.05, 0) is 42.8 Å². The summed E-state index contributed by atoms with van der Waals surface area (Å²) in [6.07, 6.45) is -4.75. The molecule has 0 spiro atoms. The molecule has 0 unspecified atom stereocenters. The van der Waals surface area contributed by atoms with Crippen molar-refractivity contribution >= 4 is 33.2 Å². The number of carbonyl (C=O) groups is 1. The Morgan fingerprint density at radius 1 is 1.20 bits per heavy atom. The summed E-state index contributed by atoms with van der Waals surface area (Å²) in [6, 6.07) is 7.44. The Kier molecular flexibility index (Phi) is 7.38. The van der Waals surface area contributed by atoms with Gasteiger partial charge in [-0.3, -0.25) is 4.79 Å². The van der Waals surface area contributed by atoms with E-state index < -0.39 is 39.9 Å². The van der Waals surface area contributed by atoms with Gasteiger partial charge in [0.15, 0.2) is 0 Å². The number of benzene rings is 2. The first-order chi connectivity index (χ1) is 13.9. The van der Waals surface area contributed by atoms with Gasteiger partial charge in [0.05, 0.1) is 24.9 Å². The maximum atomic E-state index is 13.2. The van der Waals surface area contributed by atoms with Gasteiger partial charge in [-0.15, -0.1) is 0 Å². The van der Waals surface area contributed by atoms with E-state index in [1.807, 2.05) is 0 Å². The van der Waals surface area contributed by atoms with Gasteiger partial charge in [0, 0.05) is 11.6 Å². The van der Waals surface area contributed by atoms with Crippen LogP contribution in [0.2, 0.25) is 5.02 Å². The van der Waals surface area contributed by atoms with E-state index >= 15 is 0 Å². The molecule has 11 heteroatoms. The van der Waals surface area contributed by atoms with Crippen LogP contribution in [0.5, 0.6) is 5.75 Å². The molecule has 2 aromatic rings. The number of nitrogens with zero attached hydrogens (tertiary/aromatic N) is 1. The van der Waals surface area contributed by atoms with Crippen molar-refractivity contribution in [1.82, 2.24) is 4.31 Å². The van der Waals surface area contributed by atoms with Gasteiger partial charge in [-0.2, -0.15) is 17.5 Å². The molecular formula is C19H20ClF3N2O4S. The SMILES string of the molecule is CCN(CC(=O)Nc1ccc(Cl)cc1C(F)(F)F)S(=O)(=O)c1cc(C)ccc1OC. The Balaban J connectivity index is 2.31. The third-order valence-corrected chi connectivity index (χ3v) is 6.35. The number of likely N-dealkylation sites (N-methyl/N-ethyl adjacent to an activating group) is 1. The maximum absolute atomic E-state index is 13.2. The van der Waals surface area contributed by atoms with Gasteiger partial charge in [0.2, 0.25) is 15.9 Å². The van der Waals surface area contributed by atoms with E-state index in [4.69, 9.17) is 16.3 Å². The highest BCUT2D eigenvalue weighted by Crippen LogP contribution is 2.36. The molecule has 0 aliphatic rings. The Bertz CT molecular complexity index is 1040. The van der Waals surface area contributed by atoms with Crippen molar-refractivity contribution in [2.45, 2.75) is 24.9 Å². The van der Waals surface area contributed by atoms with Crippen molar-refractivity contribution in [2.24, 2.45) is 0 Å². The Morgan fingerprint density at radius 2 is 1.87 bits per heavy atom. The van der Waals surface area contributed by atoms with Crippen molar-refractivity contribution in [3.63, 3.8) is 0 Å². The molecular weight excluding hydrogens is 445 g/mol. The molecule has 0 fully saturated rings. The van der Waals surface area contributed by atoms with Crippen LogP contribution in [0.3, 0.4) is 0 Å². The smallest absolute Gasteiger partial charge is 0.418 e. The molecule has 0 aliphatic carbocycles. The Labute approximate surface area is 177 Å². The average Bonchev–Trinajstić information content (AvgIpc) is 2.66. The minimum Gasteiger partial charge on any atom is -0.495 e. The second-order valence-corrected chi connectivity index (χ2v) is 8.66. The molecule has 164 valence electrons. The highest BCUT2D eigenvalue weighted by atomic mass is 35.5. The summed E-state index contributed by atoms with van der Waals surface area (Å²) in [6.45, 7) is 2.44. The number of alkyl halides is 3. The second-order valence-electron chi connectivity index (χ2n) is 6.32. The Hall–Kier alpha value is -2.30. The molecule has 2 aromatic carbocycles. The third-order valence-electron chi connectivity index (χ3n) is 4.17. The summed E-state index contributed by atoms with van der Waals surface area (Å²) in [5.74, 6) is -0.837. The van der Waals surface area contributed by atoms with Gasteiger partial charge in [0.1, 0.15) is 10.6 Å². The highest BCUT2D eigenvalue weighted by Gasteiger charge is 2.35. The van der Waals surface area contributed by atoms with Gasteiger partial charge >= 0.3 is 6.18 Å². The van der Waals surface area contributed by atoms with Gasteiger partial charge in [-0.1, -0.05) is 24.6 Å². The molecule has 6 nitrogen and oxygen atoms in total. The minimum absolute atomic E-state index is 0.0837. The number of nitrogens with one attached hydrogen (secondary N) is 1. The van der Waals surface area contributed by atoms with E-state index in [9.17, 15) is 26.4 Å². The molecule has 1 amide bonds. The van der Waals surface area contributed by atoms with Crippen molar-refractivity contribution in [2.75, 3.05) is 25.5 Å². The fraction of sp³-hybridized carbons (Fsp3) is 0.316. The molecule has 0 aromatic heterocycles. The predicted molar refractivity (Wildman–Crippen MR) is 107 cm³/mol. The number of halogens is 4. The summed E-state index contributed by atoms with van der Waals surface area (Å²) in [5.41, 5.74) is -0.987. The highest BCUT2D eigenvalue weighted by molar-refractivity contribution is 7.89. The molecule has 2 rings (SSSR count). The normalized spacial score (nSPS) is 12.1.